The third kappa shape index (κ3) is 2.16. The second kappa shape index (κ2) is 3.63. The summed E-state index contributed by atoms with van der Waals surface area (Å²) < 4.78 is 37.0. The maximum Gasteiger partial charge on any atom is 0.439 e. The van der Waals surface area contributed by atoms with Crippen molar-refractivity contribution in [3.8, 4) is 0 Å². The molecule has 1 aliphatic heterocycles. The van der Waals surface area contributed by atoms with E-state index < -0.39 is 22.5 Å². The molecule has 0 aliphatic carbocycles. The molecule has 0 spiro atoms. The van der Waals surface area contributed by atoms with Crippen molar-refractivity contribution >= 4 is 5.71 Å². The number of alkyl halides is 3. The lowest BCUT2D eigenvalue weighted by atomic mass is 10.0. The number of allylic oxidation sites excluding steroid dienone is 1. The molecule has 0 aromatic heterocycles. The lowest BCUT2D eigenvalue weighted by Crippen LogP contribution is -2.27. The molecule has 0 aromatic rings. The van der Waals surface area contributed by atoms with Gasteiger partial charge in [0.15, 0.2) is 0 Å². The van der Waals surface area contributed by atoms with Crippen LogP contribution in [0.1, 0.15) is 13.8 Å². The monoisotopic (exact) mass is 222 g/mol. The van der Waals surface area contributed by atoms with E-state index in [1.165, 1.54) is 0 Å². The van der Waals surface area contributed by atoms with Gasteiger partial charge in [-0.05, 0) is 5.92 Å². The maximum absolute atomic E-state index is 12.3. The van der Waals surface area contributed by atoms with Crippen molar-refractivity contribution in [2.75, 3.05) is 6.54 Å². The summed E-state index contributed by atoms with van der Waals surface area (Å²) in [5, 5.41) is 10.5. The third-order valence-electron chi connectivity index (χ3n) is 2.08. The molecule has 0 amide bonds. The minimum Gasteiger partial charge on any atom is -0.270 e. The molecule has 84 valence electrons. The number of aliphatic imine (C=N–C) groups is 1. The minimum absolute atomic E-state index is 0.132. The van der Waals surface area contributed by atoms with E-state index in [1.807, 2.05) is 0 Å². The molecule has 1 rings (SSSR count). The summed E-state index contributed by atoms with van der Waals surface area (Å²) in [6.07, 6.45) is -4.75. The van der Waals surface area contributed by atoms with Crippen LogP contribution >= 0.6 is 0 Å². The molecule has 0 aromatic carbocycles. The van der Waals surface area contributed by atoms with Crippen LogP contribution in [0.25, 0.3) is 0 Å². The number of halogens is 3. The van der Waals surface area contributed by atoms with E-state index in [0.717, 1.165) is 0 Å². The molecule has 1 heterocycles. The highest BCUT2D eigenvalue weighted by atomic mass is 19.4. The zero-order valence-corrected chi connectivity index (χ0v) is 8.13. The van der Waals surface area contributed by atoms with Gasteiger partial charge in [-0.3, -0.25) is 15.1 Å². The molecule has 15 heavy (non-hydrogen) atoms. The van der Waals surface area contributed by atoms with E-state index >= 15 is 0 Å². The molecule has 0 unspecified atom stereocenters. The summed E-state index contributed by atoms with van der Waals surface area (Å²) >= 11 is 0. The summed E-state index contributed by atoms with van der Waals surface area (Å²) in [7, 11) is 0. The Hall–Kier alpha value is -1.40. The molecule has 0 N–H and O–H groups in total. The van der Waals surface area contributed by atoms with Crippen molar-refractivity contribution in [3.63, 3.8) is 0 Å². The topological polar surface area (TPSA) is 55.5 Å². The lowest BCUT2D eigenvalue weighted by Gasteiger charge is -2.06. The molecule has 4 nitrogen and oxygen atoms in total. The van der Waals surface area contributed by atoms with Crippen LogP contribution in [0, 0.1) is 16.0 Å². The Kier molecular flexibility index (Phi) is 2.83. The largest absolute Gasteiger partial charge is 0.439 e. The van der Waals surface area contributed by atoms with E-state index in [9.17, 15) is 23.3 Å². The van der Waals surface area contributed by atoms with E-state index in [2.05, 4.69) is 4.99 Å². The molecule has 1 aliphatic rings. The Morgan fingerprint density at radius 2 is 2.00 bits per heavy atom. The van der Waals surface area contributed by atoms with Gasteiger partial charge in [0.25, 0.3) is 0 Å². The quantitative estimate of drug-likeness (QED) is 0.531. The van der Waals surface area contributed by atoms with Crippen LogP contribution in [0.4, 0.5) is 13.2 Å². The van der Waals surface area contributed by atoms with Gasteiger partial charge in [-0.2, -0.15) is 13.2 Å². The molecule has 0 atom stereocenters. The number of nitro groups is 1. The minimum atomic E-state index is -4.75. The highest BCUT2D eigenvalue weighted by Crippen LogP contribution is 2.31. The first-order valence-corrected chi connectivity index (χ1v) is 4.24. The lowest BCUT2D eigenvalue weighted by molar-refractivity contribution is -0.417. The van der Waals surface area contributed by atoms with Crippen LogP contribution in [0.3, 0.4) is 0 Å². The van der Waals surface area contributed by atoms with Gasteiger partial charge in [0.05, 0.1) is 11.5 Å². The molecule has 0 saturated heterocycles. The molecule has 7 heteroatoms. The van der Waals surface area contributed by atoms with Crippen molar-refractivity contribution in [2.45, 2.75) is 20.0 Å². The third-order valence-corrected chi connectivity index (χ3v) is 2.08. The first kappa shape index (κ1) is 11.7. The molecule has 0 fully saturated rings. The van der Waals surface area contributed by atoms with Gasteiger partial charge in [-0.25, -0.2) is 0 Å². The fourth-order valence-electron chi connectivity index (χ4n) is 1.35. The fourth-order valence-corrected chi connectivity index (χ4v) is 1.35. The normalized spacial score (nSPS) is 17.3. The molecule has 0 saturated carbocycles. The molecular formula is C8H9F3N2O2. The summed E-state index contributed by atoms with van der Waals surface area (Å²) in [6, 6.07) is 0. The zero-order chi connectivity index (χ0) is 11.8. The Morgan fingerprint density at radius 3 is 2.33 bits per heavy atom. The van der Waals surface area contributed by atoms with Crippen LogP contribution in [-0.4, -0.2) is 23.4 Å². The fraction of sp³-hybridized carbons (Fsp3) is 0.625. The summed E-state index contributed by atoms with van der Waals surface area (Å²) in [5.74, 6) is -0.311. The Bertz CT molecular complexity index is 355. The van der Waals surface area contributed by atoms with Crippen LogP contribution in [0.2, 0.25) is 0 Å². The van der Waals surface area contributed by atoms with Gasteiger partial charge in [0, 0.05) is 5.57 Å². The highest BCUT2D eigenvalue weighted by molar-refractivity contribution is 6.04. The second-order valence-corrected chi connectivity index (χ2v) is 3.45. The second-order valence-electron chi connectivity index (χ2n) is 3.45. The SMILES string of the molecule is CC(C)C1=C([N+](=O)[O-])C(C(F)(F)F)=NC1. The van der Waals surface area contributed by atoms with Gasteiger partial charge in [0.1, 0.15) is 0 Å². The standard InChI is InChI=1S/C8H9F3N2O2/c1-4(2)5-3-12-7(8(9,10)11)6(5)13(14)15/h4H,3H2,1-2H3. The Balaban J connectivity index is 3.20. The molecular weight excluding hydrogens is 213 g/mol. The van der Waals surface area contributed by atoms with Crippen molar-refractivity contribution in [1.29, 1.82) is 0 Å². The Morgan fingerprint density at radius 1 is 1.47 bits per heavy atom. The molecule has 0 bridgehead atoms. The van der Waals surface area contributed by atoms with E-state index in [0.29, 0.717) is 0 Å². The van der Waals surface area contributed by atoms with Crippen molar-refractivity contribution in [3.05, 3.63) is 21.4 Å². The highest BCUT2D eigenvalue weighted by Gasteiger charge is 2.48. The first-order chi connectivity index (χ1) is 6.75. The average Bonchev–Trinajstić information content (AvgIpc) is 2.45. The maximum atomic E-state index is 12.3. The van der Waals surface area contributed by atoms with Gasteiger partial charge >= 0.3 is 11.9 Å². The van der Waals surface area contributed by atoms with Gasteiger partial charge in [-0.15, -0.1) is 0 Å². The van der Waals surface area contributed by atoms with Crippen LogP contribution in [0.15, 0.2) is 16.3 Å². The summed E-state index contributed by atoms with van der Waals surface area (Å²) in [5.41, 5.74) is -2.11. The summed E-state index contributed by atoms with van der Waals surface area (Å²) in [6.45, 7) is 2.98. The van der Waals surface area contributed by atoms with Crippen molar-refractivity contribution < 1.29 is 18.1 Å². The Labute approximate surface area is 83.6 Å². The van der Waals surface area contributed by atoms with E-state index in [4.69, 9.17) is 0 Å². The van der Waals surface area contributed by atoms with Crippen molar-refractivity contribution in [2.24, 2.45) is 10.9 Å². The van der Waals surface area contributed by atoms with Crippen LogP contribution in [0.5, 0.6) is 0 Å². The number of nitrogens with zero attached hydrogens (tertiary/aromatic N) is 2. The smallest absolute Gasteiger partial charge is 0.270 e. The van der Waals surface area contributed by atoms with Crippen LogP contribution in [-0.2, 0) is 0 Å². The van der Waals surface area contributed by atoms with Gasteiger partial charge < -0.3 is 0 Å². The predicted molar refractivity (Wildman–Crippen MR) is 47.2 cm³/mol. The first-order valence-electron chi connectivity index (χ1n) is 4.24. The number of hydrogen-bond acceptors (Lipinski definition) is 3. The predicted octanol–water partition coefficient (Wildman–Crippen LogP) is 2.19. The van der Waals surface area contributed by atoms with Gasteiger partial charge in [0.2, 0.25) is 5.71 Å². The molecule has 0 radical (unpaired) electrons. The van der Waals surface area contributed by atoms with Gasteiger partial charge in [-0.1, -0.05) is 13.8 Å². The number of rotatable bonds is 2. The average molecular weight is 222 g/mol. The number of hydrogen-bond donors (Lipinski definition) is 0. The van der Waals surface area contributed by atoms with E-state index in [-0.39, 0.29) is 18.0 Å². The van der Waals surface area contributed by atoms with Crippen LogP contribution < -0.4 is 0 Å². The summed E-state index contributed by atoms with van der Waals surface area (Å²) in [4.78, 5) is 12.7. The van der Waals surface area contributed by atoms with E-state index in [1.54, 1.807) is 13.8 Å². The van der Waals surface area contributed by atoms with Crippen molar-refractivity contribution in [1.82, 2.24) is 0 Å². The zero-order valence-electron chi connectivity index (χ0n) is 8.13.